The first-order valence-electron chi connectivity index (χ1n) is 35.9. The van der Waals surface area contributed by atoms with Gasteiger partial charge < -0.3 is 9.13 Å². The summed E-state index contributed by atoms with van der Waals surface area (Å²) in [7, 11) is 0. The van der Waals surface area contributed by atoms with Gasteiger partial charge in [0, 0.05) is 66.3 Å². The molecule has 18 aromatic rings. The molecule has 0 atom stereocenters. The molecule has 14 aromatic carbocycles. The van der Waals surface area contributed by atoms with Gasteiger partial charge in [-0.05, 0) is 153 Å². The molecular formula is C94H54F12N8. The van der Waals surface area contributed by atoms with Crippen molar-refractivity contribution in [3.05, 3.63) is 350 Å². The summed E-state index contributed by atoms with van der Waals surface area (Å²) in [5, 5.41) is 2.27. The molecule has 0 radical (unpaired) electrons. The molecule has 8 nitrogen and oxygen atoms in total. The van der Waals surface area contributed by atoms with Crippen LogP contribution in [0, 0.1) is 0 Å². The van der Waals surface area contributed by atoms with Crippen LogP contribution in [0.4, 0.5) is 52.7 Å². The van der Waals surface area contributed by atoms with Crippen molar-refractivity contribution in [2.24, 2.45) is 0 Å². The van der Waals surface area contributed by atoms with Gasteiger partial charge in [-0.1, -0.05) is 231 Å². The van der Waals surface area contributed by atoms with Crippen molar-refractivity contribution in [1.82, 2.24) is 39.0 Å². The van der Waals surface area contributed by atoms with Gasteiger partial charge in [-0.25, -0.2) is 29.9 Å². The Hall–Kier alpha value is -14.1. The van der Waals surface area contributed by atoms with Gasteiger partial charge in [0.1, 0.15) is 0 Å². The minimum Gasteiger partial charge on any atom is -0.309 e. The number of rotatable bonds is 13. The average molecular weight is 1520 g/mol. The highest BCUT2D eigenvalue weighted by atomic mass is 19.4. The molecule has 114 heavy (non-hydrogen) atoms. The maximum absolute atomic E-state index is 15.0. The zero-order chi connectivity index (χ0) is 78.4. The van der Waals surface area contributed by atoms with Gasteiger partial charge in [-0.3, -0.25) is 0 Å². The average Bonchev–Trinajstić information content (AvgIpc) is 1.51. The van der Waals surface area contributed by atoms with Crippen LogP contribution >= 0.6 is 0 Å². The van der Waals surface area contributed by atoms with Crippen LogP contribution in [0.2, 0.25) is 0 Å². The SMILES string of the molecule is FC(F)(F)c1ccc(-c2ccc3c(c2)c2ccccc2n3-c2cc(-c3nc(-c4ccccc4)nc(-c4ccccc4)n3)cc(-c3ccccc3-c3ccccc3-c3cc(-c4nc(-c5ccccc5)nc(-c5ccccc5)n4)cc(-n4c5ccccc5c5cc(-c6ccc(C(F)(F)F)cc6C(F)(F)F)ccc54)c3)c2)c(C(F)(F)F)c1. The normalized spacial score (nSPS) is 12.2. The summed E-state index contributed by atoms with van der Waals surface area (Å²) >= 11 is 0. The van der Waals surface area contributed by atoms with Gasteiger partial charge in [0.05, 0.1) is 44.3 Å². The first-order chi connectivity index (χ1) is 55.0. The second-order valence-electron chi connectivity index (χ2n) is 27.4. The van der Waals surface area contributed by atoms with E-state index in [1.165, 1.54) is 12.1 Å². The molecule has 4 aromatic heterocycles. The first-order valence-corrected chi connectivity index (χ1v) is 35.9. The Morgan fingerprint density at radius 2 is 0.465 bits per heavy atom. The molecule has 0 saturated heterocycles. The molecule has 0 amide bonds. The molecule has 554 valence electrons. The highest BCUT2D eigenvalue weighted by molar-refractivity contribution is 6.12. The third kappa shape index (κ3) is 13.4. The third-order valence-electron chi connectivity index (χ3n) is 20.3. The van der Waals surface area contributed by atoms with E-state index >= 15 is 0 Å². The number of nitrogens with zero attached hydrogens (tertiary/aromatic N) is 8. The lowest BCUT2D eigenvalue weighted by atomic mass is 9.88. The summed E-state index contributed by atoms with van der Waals surface area (Å²) in [5.74, 6) is 2.08. The molecule has 0 aliphatic heterocycles. The van der Waals surface area contributed by atoms with E-state index in [0.29, 0.717) is 146 Å². The highest BCUT2D eigenvalue weighted by Crippen LogP contribution is 2.49. The topological polar surface area (TPSA) is 87.2 Å². The number of alkyl halides is 12. The lowest BCUT2D eigenvalue weighted by Gasteiger charge is -2.19. The Labute approximate surface area is 642 Å². The van der Waals surface area contributed by atoms with E-state index in [1.807, 2.05) is 252 Å². The minimum absolute atomic E-state index is 0.0369. The fourth-order valence-corrected chi connectivity index (χ4v) is 15.1. The fraction of sp³-hybridized carbons (Fsp3) is 0.0426. The predicted octanol–water partition coefficient (Wildman–Crippen LogP) is 26.7. The van der Waals surface area contributed by atoms with Crippen molar-refractivity contribution in [2.75, 3.05) is 0 Å². The molecule has 0 fully saturated rings. The summed E-state index contributed by atoms with van der Waals surface area (Å²) in [5.41, 5.74) is 5.05. The van der Waals surface area contributed by atoms with Crippen LogP contribution in [0.25, 0.3) is 179 Å². The van der Waals surface area contributed by atoms with Crippen LogP contribution in [0.15, 0.2) is 328 Å². The van der Waals surface area contributed by atoms with Crippen molar-refractivity contribution in [3.63, 3.8) is 0 Å². The zero-order valence-electron chi connectivity index (χ0n) is 59.3. The molecule has 0 unspecified atom stereocenters. The van der Waals surface area contributed by atoms with E-state index in [-0.39, 0.29) is 34.9 Å². The van der Waals surface area contributed by atoms with Crippen LogP contribution in [0.3, 0.4) is 0 Å². The zero-order valence-corrected chi connectivity index (χ0v) is 59.3. The standard InChI is InChI=1S/C94H54F12N8/c95-91(96,97)65-39-41-71(79(53-65)93(101,102)103)59-37-43-83-77(51-59)75-33-17-19-35-81(75)113(83)67-47-61(45-63(49-67)89-109-85(55-21-5-1-6-22-55)107-86(110-89)56-23-7-2-8-24-56)69-29-13-15-31-73(69)74-32-16-14-30-70(74)62-46-64(90-111-87(57-25-9-3-10-26-57)108-88(112-90)58-27-11-4-12-28-58)50-68(48-62)114-82-36-20-18-34-76(82)78-52-60(38-44-84(78)114)72-42-40-66(92(98,99)100)54-80(72)94(104,105)106/h1-54H. The molecular weight excluding hydrogens is 1470 g/mol. The molecule has 4 heterocycles. The van der Waals surface area contributed by atoms with Crippen LogP contribution in [-0.4, -0.2) is 39.0 Å². The second kappa shape index (κ2) is 28.0. The molecule has 20 heteroatoms. The minimum atomic E-state index is -5.15. The second-order valence-corrected chi connectivity index (χ2v) is 27.4. The van der Waals surface area contributed by atoms with E-state index in [2.05, 4.69) is 0 Å². The van der Waals surface area contributed by atoms with Gasteiger partial charge in [0.25, 0.3) is 0 Å². The Bertz CT molecular complexity index is 6270. The largest absolute Gasteiger partial charge is 0.417 e. The maximum Gasteiger partial charge on any atom is 0.417 e. The van der Waals surface area contributed by atoms with Crippen molar-refractivity contribution in [3.8, 4) is 135 Å². The van der Waals surface area contributed by atoms with Gasteiger partial charge in [0.2, 0.25) is 0 Å². The first kappa shape index (κ1) is 71.5. The summed E-state index contributed by atoms with van der Waals surface area (Å²) in [6, 6.07) is 92.8. The van der Waals surface area contributed by atoms with Crippen LogP contribution in [0.5, 0.6) is 0 Å². The van der Waals surface area contributed by atoms with Crippen molar-refractivity contribution in [2.45, 2.75) is 24.7 Å². The summed E-state index contributed by atoms with van der Waals surface area (Å²) in [4.78, 5) is 30.9. The molecule has 18 rings (SSSR count). The third-order valence-corrected chi connectivity index (χ3v) is 20.3. The van der Waals surface area contributed by atoms with E-state index in [9.17, 15) is 52.7 Å². The summed E-state index contributed by atoms with van der Waals surface area (Å²) in [6.07, 6.45) is -20.4. The number of halogens is 12. The van der Waals surface area contributed by atoms with Crippen molar-refractivity contribution >= 4 is 43.6 Å². The lowest BCUT2D eigenvalue weighted by molar-refractivity contribution is -0.144. The number of para-hydroxylation sites is 2. The lowest BCUT2D eigenvalue weighted by Crippen LogP contribution is -2.12. The Kier molecular flexibility index (Phi) is 17.6. The monoisotopic (exact) mass is 1520 g/mol. The molecule has 0 bridgehead atoms. The Morgan fingerprint density at radius 3 is 0.789 bits per heavy atom. The number of hydrogen-bond donors (Lipinski definition) is 0. The Morgan fingerprint density at radius 1 is 0.184 bits per heavy atom. The van der Waals surface area contributed by atoms with Gasteiger partial charge >= 0.3 is 24.7 Å². The highest BCUT2D eigenvalue weighted by Gasteiger charge is 2.41. The van der Waals surface area contributed by atoms with Gasteiger partial charge in [-0.2, -0.15) is 52.7 Å². The van der Waals surface area contributed by atoms with Crippen molar-refractivity contribution in [1.29, 1.82) is 0 Å². The fourth-order valence-electron chi connectivity index (χ4n) is 15.1. The van der Waals surface area contributed by atoms with Crippen LogP contribution in [-0.2, 0) is 24.7 Å². The van der Waals surface area contributed by atoms with Crippen molar-refractivity contribution < 1.29 is 52.7 Å². The number of benzene rings is 14. The smallest absolute Gasteiger partial charge is 0.309 e. The quantitative estimate of drug-likeness (QED) is 0.107. The molecule has 0 N–H and O–H groups in total. The van der Waals surface area contributed by atoms with E-state index < -0.39 is 58.1 Å². The van der Waals surface area contributed by atoms with Crippen LogP contribution in [0.1, 0.15) is 22.3 Å². The molecule has 0 saturated carbocycles. The van der Waals surface area contributed by atoms with Gasteiger partial charge in [-0.15, -0.1) is 0 Å². The molecule has 0 aliphatic rings. The molecule has 0 spiro atoms. The van der Waals surface area contributed by atoms with E-state index in [1.54, 1.807) is 36.4 Å². The number of hydrogen-bond acceptors (Lipinski definition) is 6. The predicted molar refractivity (Wildman–Crippen MR) is 422 cm³/mol. The maximum atomic E-state index is 15.0. The summed E-state index contributed by atoms with van der Waals surface area (Å²) in [6.45, 7) is 0. The van der Waals surface area contributed by atoms with E-state index in [4.69, 9.17) is 29.9 Å². The van der Waals surface area contributed by atoms with Crippen LogP contribution < -0.4 is 0 Å². The molecule has 0 aliphatic carbocycles. The summed E-state index contributed by atoms with van der Waals surface area (Å²) < 4.78 is 178. The Balaban J connectivity index is 0.864. The number of fused-ring (bicyclic) bond motifs is 6. The van der Waals surface area contributed by atoms with Gasteiger partial charge in [0.15, 0.2) is 34.9 Å². The van der Waals surface area contributed by atoms with E-state index in [0.717, 1.165) is 23.3 Å². The number of aromatic nitrogens is 8.